The van der Waals surface area contributed by atoms with Crippen molar-refractivity contribution >= 4 is 12.0 Å². The molecule has 0 aromatic heterocycles. The van der Waals surface area contributed by atoms with Crippen LogP contribution in [-0.4, -0.2) is 44.1 Å². The molecule has 0 amide bonds. The topological polar surface area (TPSA) is 70.8 Å². The first-order chi connectivity index (χ1) is 12.5. The molecular weight excluding hydrogens is 334 g/mol. The van der Waals surface area contributed by atoms with E-state index in [0.717, 1.165) is 17.5 Å². The molecular formula is C20H23NO5. The molecule has 6 nitrogen and oxygen atoms in total. The van der Waals surface area contributed by atoms with Gasteiger partial charge in [0.25, 0.3) is 0 Å². The molecule has 0 aliphatic carbocycles. The number of ketones is 1. The lowest BCUT2D eigenvalue weighted by Crippen LogP contribution is -2.24. The molecule has 0 aliphatic rings. The molecule has 0 saturated carbocycles. The van der Waals surface area contributed by atoms with Crippen molar-refractivity contribution in [2.24, 2.45) is 0 Å². The lowest BCUT2D eigenvalue weighted by atomic mass is 10.1. The number of carbonyl (C=O) groups is 1. The van der Waals surface area contributed by atoms with Gasteiger partial charge in [-0.25, -0.2) is 4.74 Å². The minimum absolute atomic E-state index is 0.332. The van der Waals surface area contributed by atoms with Crippen LogP contribution in [0.3, 0.4) is 0 Å². The van der Waals surface area contributed by atoms with Gasteiger partial charge in [0.05, 0.1) is 21.3 Å². The normalized spacial score (nSPS) is 12.4. The Kier molecular flexibility index (Phi) is 6.60. The summed E-state index contributed by atoms with van der Waals surface area (Å²) in [6.07, 6.45) is 1.57. The van der Waals surface area contributed by atoms with Crippen molar-refractivity contribution in [3.05, 3.63) is 58.8 Å². The van der Waals surface area contributed by atoms with E-state index in [2.05, 4.69) is 0 Å². The van der Waals surface area contributed by atoms with Crippen LogP contribution in [0.5, 0.6) is 17.2 Å². The van der Waals surface area contributed by atoms with Gasteiger partial charge in [-0.3, -0.25) is 4.79 Å². The summed E-state index contributed by atoms with van der Waals surface area (Å²) in [5, 5.41) is 12.3. The third-order valence-corrected chi connectivity index (χ3v) is 4.01. The third-order valence-electron chi connectivity index (χ3n) is 4.01. The smallest absolute Gasteiger partial charge is 0.250 e. The van der Waals surface area contributed by atoms with Gasteiger partial charge in [0.2, 0.25) is 12.0 Å². The van der Waals surface area contributed by atoms with Crippen LogP contribution in [-0.2, 0) is 6.42 Å². The second-order valence-electron chi connectivity index (χ2n) is 5.86. The summed E-state index contributed by atoms with van der Waals surface area (Å²) in [5.41, 5.74) is 1.32. The predicted octanol–water partition coefficient (Wildman–Crippen LogP) is 3.11. The summed E-state index contributed by atoms with van der Waals surface area (Å²) in [5.74, 6) is 1.34. The van der Waals surface area contributed by atoms with Gasteiger partial charge in [-0.05, 0) is 36.8 Å². The van der Waals surface area contributed by atoms with E-state index in [1.54, 1.807) is 32.2 Å². The highest BCUT2D eigenvalue weighted by Crippen LogP contribution is 2.22. The van der Waals surface area contributed by atoms with Crippen LogP contribution in [0.15, 0.2) is 42.5 Å². The van der Waals surface area contributed by atoms with E-state index in [1.807, 2.05) is 24.3 Å². The van der Waals surface area contributed by atoms with E-state index in [9.17, 15) is 10.0 Å². The summed E-state index contributed by atoms with van der Waals surface area (Å²) in [7, 11) is 4.61. The van der Waals surface area contributed by atoms with Gasteiger partial charge < -0.3 is 19.4 Å². The number of methoxy groups -OCH3 is 3. The highest BCUT2D eigenvalue weighted by atomic mass is 16.5. The maximum atomic E-state index is 12.4. The largest absolute Gasteiger partial charge is 0.624 e. The number of hydrogen-bond donors (Lipinski definition) is 0. The summed E-state index contributed by atoms with van der Waals surface area (Å²) < 4.78 is 16.1. The number of Topliss-reactive ketones (excluding diaryl/α,β-unsaturated/α-hetero) is 1. The first kappa shape index (κ1) is 19.3. The third kappa shape index (κ3) is 4.99. The lowest BCUT2D eigenvalue weighted by molar-refractivity contribution is -0.490. The Morgan fingerprint density at radius 2 is 1.54 bits per heavy atom. The second-order valence-corrected chi connectivity index (χ2v) is 5.86. The molecule has 0 radical (unpaired) electrons. The molecule has 2 aromatic carbocycles. The Balaban J connectivity index is 2.12. The van der Waals surface area contributed by atoms with Crippen molar-refractivity contribution in [1.29, 1.82) is 0 Å². The summed E-state index contributed by atoms with van der Waals surface area (Å²) in [6, 6.07) is 11.9. The molecule has 0 fully saturated rings. The van der Waals surface area contributed by atoms with E-state index >= 15 is 0 Å². The fourth-order valence-corrected chi connectivity index (χ4v) is 2.46. The number of carbonyl (C=O) groups excluding carboxylic acids is 1. The number of hydroxylamine groups is 1. The maximum Gasteiger partial charge on any atom is 0.250 e. The average molecular weight is 357 g/mol. The van der Waals surface area contributed by atoms with Crippen molar-refractivity contribution in [1.82, 2.24) is 0 Å². The number of benzene rings is 2. The van der Waals surface area contributed by atoms with Crippen LogP contribution in [0.4, 0.5) is 0 Å². The Labute approximate surface area is 153 Å². The van der Waals surface area contributed by atoms with E-state index in [1.165, 1.54) is 14.2 Å². The molecule has 1 atom stereocenters. The van der Waals surface area contributed by atoms with Crippen LogP contribution >= 0.6 is 0 Å². The Morgan fingerprint density at radius 1 is 1.00 bits per heavy atom. The number of hydrogen-bond acceptors (Lipinski definition) is 5. The van der Waals surface area contributed by atoms with Crippen LogP contribution in [0, 0.1) is 5.21 Å². The zero-order valence-electron chi connectivity index (χ0n) is 15.4. The number of rotatable bonds is 8. The molecule has 0 saturated heterocycles. The minimum Gasteiger partial charge on any atom is -0.624 e. The van der Waals surface area contributed by atoms with Crippen LogP contribution in [0.1, 0.15) is 22.8 Å². The molecule has 2 rings (SSSR count). The standard InChI is InChI=1S/C20H23NO5/c1-14(9-15-5-7-17(24-2)8-6-15)21(23)13-20(22)16-10-18(25-3)12-19(11-16)26-4/h5-8,10-14H,9H2,1-4H3. The molecule has 0 spiro atoms. The SMILES string of the molecule is COc1ccc(CC(C)[N+]([O-])=CC(=O)c2cc(OC)cc(OC)c2)cc1. The molecule has 0 bridgehead atoms. The highest BCUT2D eigenvalue weighted by Gasteiger charge is 2.15. The molecule has 0 N–H and O–H groups in total. The Morgan fingerprint density at radius 3 is 2.04 bits per heavy atom. The average Bonchev–Trinajstić information content (AvgIpc) is 2.67. The number of ether oxygens (including phenoxy) is 3. The summed E-state index contributed by atoms with van der Waals surface area (Å²) in [6.45, 7) is 1.77. The van der Waals surface area contributed by atoms with Crippen molar-refractivity contribution in [2.75, 3.05) is 21.3 Å². The van der Waals surface area contributed by atoms with Gasteiger partial charge in [-0.15, -0.1) is 0 Å². The van der Waals surface area contributed by atoms with Gasteiger partial charge in [-0.1, -0.05) is 12.1 Å². The van der Waals surface area contributed by atoms with Crippen molar-refractivity contribution in [2.45, 2.75) is 19.4 Å². The maximum absolute atomic E-state index is 12.4. The quantitative estimate of drug-likeness (QED) is 0.239. The predicted molar refractivity (Wildman–Crippen MR) is 99.7 cm³/mol. The van der Waals surface area contributed by atoms with Crippen LogP contribution < -0.4 is 14.2 Å². The van der Waals surface area contributed by atoms with Gasteiger partial charge in [0.15, 0.2) is 6.04 Å². The van der Waals surface area contributed by atoms with E-state index < -0.39 is 5.78 Å². The van der Waals surface area contributed by atoms with Crippen molar-refractivity contribution in [3.8, 4) is 17.2 Å². The fraction of sp³-hybridized carbons (Fsp3) is 0.300. The highest BCUT2D eigenvalue weighted by molar-refractivity contribution is 6.33. The van der Waals surface area contributed by atoms with Gasteiger partial charge in [-0.2, -0.15) is 0 Å². The molecule has 6 heteroatoms. The summed E-state index contributed by atoms with van der Waals surface area (Å²) >= 11 is 0. The molecule has 26 heavy (non-hydrogen) atoms. The van der Waals surface area contributed by atoms with Crippen LogP contribution in [0.25, 0.3) is 0 Å². The molecule has 1 unspecified atom stereocenters. The van der Waals surface area contributed by atoms with Gasteiger partial charge >= 0.3 is 0 Å². The second kappa shape index (κ2) is 8.89. The molecule has 138 valence electrons. The Hall–Kier alpha value is -3.02. The van der Waals surface area contributed by atoms with Crippen LogP contribution in [0.2, 0.25) is 0 Å². The number of nitrogens with zero attached hydrogens (tertiary/aromatic N) is 1. The first-order valence-electron chi connectivity index (χ1n) is 8.17. The monoisotopic (exact) mass is 357 g/mol. The lowest BCUT2D eigenvalue weighted by Gasteiger charge is -2.13. The minimum atomic E-state index is -0.404. The van der Waals surface area contributed by atoms with E-state index in [4.69, 9.17) is 14.2 Å². The first-order valence-corrected chi connectivity index (χ1v) is 8.17. The van der Waals surface area contributed by atoms with E-state index in [-0.39, 0.29) is 6.04 Å². The molecule has 0 heterocycles. The molecule has 0 aliphatic heterocycles. The fourth-order valence-electron chi connectivity index (χ4n) is 2.46. The summed E-state index contributed by atoms with van der Waals surface area (Å²) in [4.78, 5) is 12.4. The zero-order valence-corrected chi connectivity index (χ0v) is 15.4. The van der Waals surface area contributed by atoms with Gasteiger partial charge in [0, 0.05) is 18.1 Å². The Bertz CT molecular complexity index is 761. The van der Waals surface area contributed by atoms with Crippen molar-refractivity contribution in [3.63, 3.8) is 0 Å². The zero-order chi connectivity index (χ0) is 19.1. The van der Waals surface area contributed by atoms with Crippen molar-refractivity contribution < 1.29 is 23.7 Å². The van der Waals surface area contributed by atoms with E-state index in [0.29, 0.717) is 28.2 Å². The molecule has 2 aromatic rings. The van der Waals surface area contributed by atoms with Gasteiger partial charge in [0.1, 0.15) is 17.2 Å².